The van der Waals surface area contributed by atoms with Crippen LogP contribution in [0, 0.1) is 6.92 Å². The Kier molecular flexibility index (Phi) is 4.88. The normalized spacial score (nSPS) is 20.2. The van der Waals surface area contributed by atoms with Gasteiger partial charge in [-0.3, -0.25) is 4.79 Å². The molecule has 20 heavy (non-hydrogen) atoms. The molecule has 5 nitrogen and oxygen atoms in total. The van der Waals surface area contributed by atoms with Gasteiger partial charge in [0.2, 0.25) is 10.0 Å². The molecule has 0 saturated carbocycles. The number of rotatable bonds is 4. The van der Waals surface area contributed by atoms with Crippen molar-refractivity contribution in [3.8, 4) is 0 Å². The molecule has 1 aliphatic heterocycles. The van der Waals surface area contributed by atoms with Crippen LogP contribution in [0.1, 0.15) is 24.6 Å². The van der Waals surface area contributed by atoms with Crippen molar-refractivity contribution in [3.63, 3.8) is 0 Å². The van der Waals surface area contributed by atoms with Crippen molar-refractivity contribution in [1.82, 2.24) is 4.31 Å². The predicted octanol–water partition coefficient (Wildman–Crippen LogP) is 2.54. The summed E-state index contributed by atoms with van der Waals surface area (Å²) in [5.74, 6) is -0.458. The number of ether oxygens (including phenoxy) is 1. The maximum absolute atomic E-state index is 12.7. The van der Waals surface area contributed by atoms with E-state index in [0.717, 1.165) is 3.79 Å². The third-order valence-electron chi connectivity index (χ3n) is 3.19. The zero-order chi connectivity index (χ0) is 14.9. The molecule has 1 aromatic rings. The van der Waals surface area contributed by atoms with E-state index in [9.17, 15) is 13.2 Å². The standard InChI is InChI=1S/C12H16BrNO4S2/c1-3-18-12(15)9-5-4-6-14(9)20(16,17)10-7-11(13)19-8(10)2/h7,9H,3-6H2,1-2H3. The lowest BCUT2D eigenvalue weighted by molar-refractivity contribution is -0.146. The third-order valence-corrected chi connectivity index (χ3v) is 6.91. The van der Waals surface area contributed by atoms with Gasteiger partial charge in [-0.25, -0.2) is 8.42 Å². The van der Waals surface area contributed by atoms with Gasteiger partial charge >= 0.3 is 5.97 Å². The van der Waals surface area contributed by atoms with Crippen LogP contribution in [0.15, 0.2) is 14.7 Å². The highest BCUT2D eigenvalue weighted by molar-refractivity contribution is 9.11. The zero-order valence-electron chi connectivity index (χ0n) is 11.3. The fraction of sp³-hybridized carbons (Fsp3) is 0.583. The number of esters is 1. The van der Waals surface area contributed by atoms with Crippen LogP contribution in [0.25, 0.3) is 0 Å². The van der Waals surface area contributed by atoms with Gasteiger partial charge in [-0.05, 0) is 48.7 Å². The largest absolute Gasteiger partial charge is 0.465 e. The molecule has 0 amide bonds. The molecule has 0 bridgehead atoms. The number of thiophene rings is 1. The summed E-state index contributed by atoms with van der Waals surface area (Å²) < 4.78 is 32.4. The van der Waals surface area contributed by atoms with Crippen LogP contribution in [0.3, 0.4) is 0 Å². The van der Waals surface area contributed by atoms with Crippen molar-refractivity contribution < 1.29 is 17.9 Å². The number of carbonyl (C=O) groups excluding carboxylic acids is 1. The summed E-state index contributed by atoms with van der Waals surface area (Å²) in [5.41, 5.74) is 0. The summed E-state index contributed by atoms with van der Waals surface area (Å²) >= 11 is 4.67. The molecule has 1 atom stereocenters. The molecule has 1 unspecified atom stereocenters. The Morgan fingerprint density at radius 2 is 2.30 bits per heavy atom. The van der Waals surface area contributed by atoms with Crippen molar-refractivity contribution in [3.05, 3.63) is 14.7 Å². The Labute approximate surface area is 131 Å². The van der Waals surface area contributed by atoms with Crippen molar-refractivity contribution in [2.24, 2.45) is 0 Å². The first-order chi connectivity index (χ1) is 9.37. The molecule has 0 aliphatic carbocycles. The van der Waals surface area contributed by atoms with Crippen molar-refractivity contribution in [2.45, 2.75) is 37.6 Å². The fourth-order valence-corrected chi connectivity index (χ4v) is 6.35. The molecule has 1 fully saturated rings. The van der Waals surface area contributed by atoms with Gasteiger partial charge in [0.05, 0.1) is 15.3 Å². The van der Waals surface area contributed by atoms with E-state index in [0.29, 0.717) is 24.3 Å². The minimum absolute atomic E-state index is 0.256. The lowest BCUT2D eigenvalue weighted by Crippen LogP contribution is -2.41. The fourth-order valence-electron chi connectivity index (χ4n) is 2.31. The molecule has 112 valence electrons. The maximum Gasteiger partial charge on any atom is 0.324 e. The first-order valence-corrected chi connectivity index (χ1v) is 9.37. The van der Waals surface area contributed by atoms with Gasteiger partial charge in [0, 0.05) is 11.4 Å². The number of aryl methyl sites for hydroxylation is 1. The Balaban J connectivity index is 2.33. The van der Waals surface area contributed by atoms with Crippen LogP contribution in [0.4, 0.5) is 0 Å². The number of sulfonamides is 1. The van der Waals surface area contributed by atoms with Crippen molar-refractivity contribution in [1.29, 1.82) is 0 Å². The monoisotopic (exact) mass is 381 g/mol. The van der Waals surface area contributed by atoms with E-state index < -0.39 is 22.0 Å². The Morgan fingerprint density at radius 3 is 2.85 bits per heavy atom. The van der Waals surface area contributed by atoms with Crippen molar-refractivity contribution >= 4 is 43.3 Å². The molecule has 2 heterocycles. The van der Waals surface area contributed by atoms with Crippen LogP contribution in [0.2, 0.25) is 0 Å². The van der Waals surface area contributed by atoms with E-state index in [1.807, 2.05) is 0 Å². The molecule has 0 aromatic carbocycles. The zero-order valence-corrected chi connectivity index (χ0v) is 14.5. The summed E-state index contributed by atoms with van der Waals surface area (Å²) in [7, 11) is -3.65. The van der Waals surface area contributed by atoms with Crippen LogP contribution in [0.5, 0.6) is 0 Å². The summed E-state index contributed by atoms with van der Waals surface area (Å²) in [5, 5.41) is 0. The SMILES string of the molecule is CCOC(=O)C1CCCN1S(=O)(=O)c1cc(Br)sc1C. The number of hydrogen-bond donors (Lipinski definition) is 0. The second kappa shape index (κ2) is 6.13. The Hall–Kier alpha value is -0.440. The van der Waals surface area contributed by atoms with Crippen LogP contribution in [-0.2, 0) is 19.6 Å². The molecular weight excluding hydrogens is 366 g/mol. The molecule has 1 aliphatic rings. The number of carbonyl (C=O) groups is 1. The average molecular weight is 382 g/mol. The first kappa shape index (κ1) is 15.9. The van der Waals surface area contributed by atoms with E-state index in [2.05, 4.69) is 15.9 Å². The summed E-state index contributed by atoms with van der Waals surface area (Å²) in [6, 6.07) is 0.897. The molecule has 8 heteroatoms. The first-order valence-electron chi connectivity index (χ1n) is 6.32. The molecule has 1 saturated heterocycles. The quantitative estimate of drug-likeness (QED) is 0.751. The van der Waals surface area contributed by atoms with Gasteiger partial charge < -0.3 is 4.74 Å². The molecule has 0 N–H and O–H groups in total. The summed E-state index contributed by atoms with van der Waals surface area (Å²) in [6.45, 7) is 4.09. The highest BCUT2D eigenvalue weighted by Gasteiger charge is 2.41. The van der Waals surface area contributed by atoms with Gasteiger partial charge in [-0.1, -0.05) is 0 Å². The number of halogens is 1. The Bertz CT molecular complexity index is 611. The average Bonchev–Trinajstić information content (AvgIpc) is 2.96. The molecule has 0 spiro atoms. The third kappa shape index (κ3) is 2.93. The van der Waals surface area contributed by atoms with E-state index >= 15 is 0 Å². The van der Waals surface area contributed by atoms with Gasteiger partial charge in [0.25, 0.3) is 0 Å². The number of nitrogens with zero attached hydrogens (tertiary/aromatic N) is 1. The van der Waals surface area contributed by atoms with Gasteiger partial charge in [0.1, 0.15) is 6.04 Å². The minimum atomic E-state index is -3.65. The highest BCUT2D eigenvalue weighted by atomic mass is 79.9. The topological polar surface area (TPSA) is 63.7 Å². The second-order valence-electron chi connectivity index (χ2n) is 4.50. The summed E-state index contributed by atoms with van der Waals surface area (Å²) in [6.07, 6.45) is 1.19. The highest BCUT2D eigenvalue weighted by Crippen LogP contribution is 2.34. The van der Waals surface area contributed by atoms with E-state index in [1.54, 1.807) is 19.9 Å². The van der Waals surface area contributed by atoms with E-state index in [-0.39, 0.29) is 11.5 Å². The molecule has 1 aromatic heterocycles. The van der Waals surface area contributed by atoms with Crippen LogP contribution in [-0.4, -0.2) is 37.9 Å². The minimum Gasteiger partial charge on any atom is -0.465 e. The molecule has 2 rings (SSSR count). The van der Waals surface area contributed by atoms with E-state index in [1.165, 1.54) is 15.6 Å². The van der Waals surface area contributed by atoms with Crippen molar-refractivity contribution in [2.75, 3.05) is 13.2 Å². The van der Waals surface area contributed by atoms with Crippen LogP contribution >= 0.6 is 27.3 Å². The number of hydrogen-bond acceptors (Lipinski definition) is 5. The van der Waals surface area contributed by atoms with E-state index in [4.69, 9.17) is 4.74 Å². The lowest BCUT2D eigenvalue weighted by atomic mass is 10.2. The van der Waals surface area contributed by atoms with Gasteiger partial charge in [-0.2, -0.15) is 4.31 Å². The second-order valence-corrected chi connectivity index (χ2v) is 8.99. The predicted molar refractivity (Wildman–Crippen MR) is 80.3 cm³/mol. The maximum atomic E-state index is 12.7. The molecular formula is C12H16BrNO4S2. The lowest BCUT2D eigenvalue weighted by Gasteiger charge is -2.22. The van der Waals surface area contributed by atoms with Crippen LogP contribution < -0.4 is 0 Å². The molecule has 0 radical (unpaired) electrons. The Morgan fingerprint density at radius 1 is 1.60 bits per heavy atom. The summed E-state index contributed by atoms with van der Waals surface area (Å²) in [4.78, 5) is 12.9. The van der Waals surface area contributed by atoms with Gasteiger partial charge in [-0.15, -0.1) is 11.3 Å². The van der Waals surface area contributed by atoms with Gasteiger partial charge in [0.15, 0.2) is 0 Å². The smallest absolute Gasteiger partial charge is 0.324 e.